The lowest BCUT2D eigenvalue weighted by molar-refractivity contribution is 0.0648. The first-order valence-electron chi connectivity index (χ1n) is 7.68. The maximum atomic E-state index is 9.10. The first-order valence-corrected chi connectivity index (χ1v) is 7.68. The van der Waals surface area contributed by atoms with E-state index in [2.05, 4.69) is 44.3 Å². The molecule has 20 heavy (non-hydrogen) atoms. The summed E-state index contributed by atoms with van der Waals surface area (Å²) in [6, 6.07) is 8.63. The van der Waals surface area contributed by atoms with Crippen LogP contribution in [0, 0.1) is 5.92 Å². The number of hydrogen-bond donors (Lipinski definition) is 2. The average Bonchev–Trinajstić information content (AvgIpc) is 2.42. The second-order valence-corrected chi connectivity index (χ2v) is 6.35. The second kappa shape index (κ2) is 6.59. The monoisotopic (exact) mass is 277 g/mol. The summed E-state index contributed by atoms with van der Waals surface area (Å²) >= 11 is 0. The quantitative estimate of drug-likeness (QED) is 0.838. The summed E-state index contributed by atoms with van der Waals surface area (Å²) in [6.07, 6.45) is 2.94. The Morgan fingerprint density at radius 3 is 2.85 bits per heavy atom. The lowest BCUT2D eigenvalue weighted by Crippen LogP contribution is -2.40. The van der Waals surface area contributed by atoms with Crippen molar-refractivity contribution in [1.82, 2.24) is 5.32 Å². The number of hydrogen-bond acceptors (Lipinski definition) is 3. The van der Waals surface area contributed by atoms with Crippen LogP contribution in [-0.4, -0.2) is 23.9 Å². The van der Waals surface area contributed by atoms with E-state index in [1.54, 1.807) is 0 Å². The first kappa shape index (κ1) is 15.3. The van der Waals surface area contributed by atoms with Crippen molar-refractivity contribution in [2.75, 3.05) is 13.2 Å². The van der Waals surface area contributed by atoms with Crippen molar-refractivity contribution in [3.8, 4) is 5.75 Å². The maximum Gasteiger partial charge on any atom is 0.124 e. The summed E-state index contributed by atoms with van der Waals surface area (Å²) < 4.78 is 6.05. The standard InChI is InChI=1S/C17H27NO2/c1-4-13(9-10-19)12-18-15-11-17(2,3)20-16-8-6-5-7-14(15)16/h5-8,13,15,18-19H,4,9-12H2,1-3H3. The van der Waals surface area contributed by atoms with Crippen LogP contribution in [0.4, 0.5) is 0 Å². The van der Waals surface area contributed by atoms with Gasteiger partial charge >= 0.3 is 0 Å². The molecule has 0 amide bonds. The molecule has 0 saturated carbocycles. The van der Waals surface area contributed by atoms with Crippen molar-refractivity contribution in [3.63, 3.8) is 0 Å². The minimum Gasteiger partial charge on any atom is -0.487 e. The molecule has 1 aliphatic heterocycles. The van der Waals surface area contributed by atoms with Gasteiger partial charge in [-0.3, -0.25) is 0 Å². The van der Waals surface area contributed by atoms with Gasteiger partial charge < -0.3 is 15.2 Å². The van der Waals surface area contributed by atoms with E-state index in [-0.39, 0.29) is 12.2 Å². The minimum atomic E-state index is -0.134. The van der Waals surface area contributed by atoms with Gasteiger partial charge in [0, 0.05) is 24.6 Å². The molecule has 0 fully saturated rings. The molecule has 1 aromatic rings. The van der Waals surface area contributed by atoms with Crippen molar-refractivity contribution < 1.29 is 9.84 Å². The molecule has 1 aromatic carbocycles. The minimum absolute atomic E-state index is 0.134. The van der Waals surface area contributed by atoms with Gasteiger partial charge in [0.25, 0.3) is 0 Å². The largest absolute Gasteiger partial charge is 0.487 e. The van der Waals surface area contributed by atoms with Gasteiger partial charge in [-0.05, 0) is 38.8 Å². The van der Waals surface area contributed by atoms with Gasteiger partial charge in [-0.1, -0.05) is 31.5 Å². The van der Waals surface area contributed by atoms with E-state index in [1.807, 2.05) is 6.07 Å². The van der Waals surface area contributed by atoms with Crippen LogP contribution >= 0.6 is 0 Å². The van der Waals surface area contributed by atoms with Gasteiger partial charge in [-0.2, -0.15) is 0 Å². The molecule has 0 radical (unpaired) electrons. The molecular weight excluding hydrogens is 250 g/mol. The zero-order chi connectivity index (χ0) is 14.6. The Morgan fingerprint density at radius 2 is 2.15 bits per heavy atom. The van der Waals surface area contributed by atoms with Crippen molar-refractivity contribution >= 4 is 0 Å². The third-order valence-electron chi connectivity index (χ3n) is 4.14. The number of benzene rings is 1. The molecule has 2 rings (SSSR count). The molecule has 112 valence electrons. The predicted molar refractivity (Wildman–Crippen MR) is 82.0 cm³/mol. The summed E-state index contributed by atoms with van der Waals surface area (Å²) in [5, 5.41) is 12.8. The molecule has 0 saturated heterocycles. The van der Waals surface area contributed by atoms with E-state index in [1.165, 1.54) is 5.56 Å². The van der Waals surface area contributed by atoms with E-state index in [0.29, 0.717) is 12.0 Å². The fourth-order valence-electron chi connectivity index (χ4n) is 2.93. The van der Waals surface area contributed by atoms with Crippen LogP contribution in [0.5, 0.6) is 5.75 Å². The highest BCUT2D eigenvalue weighted by Crippen LogP contribution is 2.39. The number of fused-ring (bicyclic) bond motifs is 1. The molecule has 3 heteroatoms. The number of aliphatic hydroxyl groups is 1. The fourth-order valence-corrected chi connectivity index (χ4v) is 2.93. The van der Waals surface area contributed by atoms with Crippen LogP contribution in [0.1, 0.15) is 51.6 Å². The Morgan fingerprint density at radius 1 is 1.40 bits per heavy atom. The maximum absolute atomic E-state index is 9.10. The number of para-hydroxylation sites is 1. The zero-order valence-electron chi connectivity index (χ0n) is 12.9. The third-order valence-corrected chi connectivity index (χ3v) is 4.14. The summed E-state index contributed by atoms with van der Waals surface area (Å²) in [4.78, 5) is 0. The molecule has 0 bridgehead atoms. The fraction of sp³-hybridized carbons (Fsp3) is 0.647. The predicted octanol–water partition coefficient (Wildman–Crippen LogP) is 3.29. The van der Waals surface area contributed by atoms with Gasteiger partial charge in [-0.25, -0.2) is 0 Å². The molecule has 0 spiro atoms. The molecule has 3 nitrogen and oxygen atoms in total. The molecular formula is C17H27NO2. The van der Waals surface area contributed by atoms with Crippen LogP contribution in [0.2, 0.25) is 0 Å². The van der Waals surface area contributed by atoms with Gasteiger partial charge in [0.1, 0.15) is 11.4 Å². The Kier molecular flexibility index (Phi) is 5.06. The normalized spacial score (nSPS) is 21.9. The highest BCUT2D eigenvalue weighted by atomic mass is 16.5. The van der Waals surface area contributed by atoms with Crippen LogP contribution in [0.15, 0.2) is 24.3 Å². The summed E-state index contributed by atoms with van der Waals surface area (Å²) in [6.45, 7) is 7.69. The van der Waals surface area contributed by atoms with Crippen LogP contribution in [-0.2, 0) is 0 Å². The van der Waals surface area contributed by atoms with E-state index < -0.39 is 0 Å². The van der Waals surface area contributed by atoms with Gasteiger partial charge in [0.15, 0.2) is 0 Å². The second-order valence-electron chi connectivity index (χ2n) is 6.35. The van der Waals surface area contributed by atoms with Crippen molar-refractivity contribution in [3.05, 3.63) is 29.8 Å². The zero-order valence-corrected chi connectivity index (χ0v) is 12.9. The van der Waals surface area contributed by atoms with E-state index in [9.17, 15) is 0 Å². The lowest BCUT2D eigenvalue weighted by atomic mass is 9.89. The van der Waals surface area contributed by atoms with Crippen molar-refractivity contribution in [2.45, 2.75) is 51.7 Å². The average molecular weight is 277 g/mol. The Hall–Kier alpha value is -1.06. The Labute approximate surface area is 122 Å². The Balaban J connectivity index is 2.07. The van der Waals surface area contributed by atoms with Crippen LogP contribution < -0.4 is 10.1 Å². The SMILES string of the molecule is CCC(CCO)CNC1CC(C)(C)Oc2ccccc21. The van der Waals surface area contributed by atoms with Crippen molar-refractivity contribution in [2.24, 2.45) is 5.92 Å². The van der Waals surface area contributed by atoms with Gasteiger partial charge in [0.2, 0.25) is 0 Å². The molecule has 2 unspecified atom stereocenters. The summed E-state index contributed by atoms with van der Waals surface area (Å²) in [7, 11) is 0. The molecule has 2 N–H and O–H groups in total. The number of rotatable bonds is 6. The number of ether oxygens (including phenoxy) is 1. The Bertz CT molecular complexity index is 431. The van der Waals surface area contributed by atoms with Crippen LogP contribution in [0.3, 0.4) is 0 Å². The van der Waals surface area contributed by atoms with E-state index in [4.69, 9.17) is 9.84 Å². The molecule has 1 heterocycles. The molecule has 0 aromatic heterocycles. The molecule has 0 aliphatic carbocycles. The third kappa shape index (κ3) is 3.74. The highest BCUT2D eigenvalue weighted by molar-refractivity contribution is 5.38. The summed E-state index contributed by atoms with van der Waals surface area (Å²) in [5.41, 5.74) is 1.12. The van der Waals surface area contributed by atoms with Gasteiger partial charge in [0.05, 0.1) is 0 Å². The van der Waals surface area contributed by atoms with Crippen molar-refractivity contribution in [1.29, 1.82) is 0 Å². The van der Waals surface area contributed by atoms with Gasteiger partial charge in [-0.15, -0.1) is 0 Å². The lowest BCUT2D eigenvalue weighted by Gasteiger charge is -2.38. The number of nitrogens with one attached hydrogen (secondary N) is 1. The topological polar surface area (TPSA) is 41.5 Å². The molecule has 2 atom stereocenters. The summed E-state index contributed by atoms with van der Waals surface area (Å²) in [5.74, 6) is 1.54. The van der Waals surface area contributed by atoms with E-state index >= 15 is 0 Å². The van der Waals surface area contributed by atoms with E-state index in [0.717, 1.165) is 31.6 Å². The molecule has 1 aliphatic rings. The first-order chi connectivity index (χ1) is 9.55. The highest BCUT2D eigenvalue weighted by Gasteiger charge is 2.33. The van der Waals surface area contributed by atoms with Crippen LogP contribution in [0.25, 0.3) is 0 Å². The number of aliphatic hydroxyl groups excluding tert-OH is 1. The smallest absolute Gasteiger partial charge is 0.124 e.